The van der Waals surface area contributed by atoms with E-state index in [0.717, 1.165) is 0 Å². The minimum atomic E-state index is -2.94. The maximum absolute atomic E-state index is 5.24. The first kappa shape index (κ1) is 16.4. The van der Waals surface area contributed by atoms with Gasteiger partial charge in [-0.05, 0) is 12.2 Å². The standard InChI is InChI=1S/C6H14O4SSi.Na/c1-5-6(11)10-12(7-2,8-3)9-4;/h5H2,1-4H3;. The maximum atomic E-state index is 5.24. The van der Waals surface area contributed by atoms with Crippen molar-refractivity contribution in [2.75, 3.05) is 21.3 Å². The van der Waals surface area contributed by atoms with Crippen molar-refractivity contribution in [3.63, 3.8) is 0 Å². The van der Waals surface area contributed by atoms with Crippen molar-refractivity contribution < 1.29 is 17.7 Å². The van der Waals surface area contributed by atoms with Crippen LogP contribution in [0.15, 0.2) is 0 Å². The fourth-order valence-corrected chi connectivity index (χ4v) is 2.07. The molecule has 0 rings (SSSR count). The van der Waals surface area contributed by atoms with Gasteiger partial charge in [0.05, 0.1) is 0 Å². The molecule has 13 heavy (non-hydrogen) atoms. The second-order valence-electron chi connectivity index (χ2n) is 1.94. The van der Waals surface area contributed by atoms with Gasteiger partial charge in [-0.25, -0.2) is 0 Å². The zero-order chi connectivity index (χ0) is 9.61. The minimum Gasteiger partial charge on any atom is -0.474 e. The van der Waals surface area contributed by atoms with Gasteiger partial charge < -0.3 is 17.7 Å². The average molecular weight is 233 g/mol. The van der Waals surface area contributed by atoms with Gasteiger partial charge in [0.2, 0.25) is 0 Å². The fraction of sp³-hybridized carbons (Fsp3) is 0.833. The van der Waals surface area contributed by atoms with E-state index in [9.17, 15) is 0 Å². The third-order valence-electron chi connectivity index (χ3n) is 1.28. The van der Waals surface area contributed by atoms with Crippen molar-refractivity contribution in [3.8, 4) is 0 Å². The van der Waals surface area contributed by atoms with Gasteiger partial charge in [0.15, 0.2) is 0 Å². The molecule has 0 fully saturated rings. The Morgan fingerprint density at radius 2 is 1.54 bits per heavy atom. The molecule has 0 saturated heterocycles. The van der Waals surface area contributed by atoms with Gasteiger partial charge in [0.1, 0.15) is 5.05 Å². The smallest absolute Gasteiger partial charge is 0.474 e. The summed E-state index contributed by atoms with van der Waals surface area (Å²) in [4.78, 5) is 0. The van der Waals surface area contributed by atoms with Crippen molar-refractivity contribution in [1.29, 1.82) is 0 Å². The van der Waals surface area contributed by atoms with Crippen LogP contribution in [0.5, 0.6) is 0 Å². The van der Waals surface area contributed by atoms with E-state index in [1.54, 1.807) is 0 Å². The molecule has 0 spiro atoms. The van der Waals surface area contributed by atoms with E-state index in [0.29, 0.717) is 11.5 Å². The molecule has 0 aromatic heterocycles. The number of hydrogen-bond donors (Lipinski definition) is 0. The van der Waals surface area contributed by atoms with Crippen molar-refractivity contribution in [3.05, 3.63) is 0 Å². The molecule has 0 atom stereocenters. The Bertz CT molecular complexity index is 145. The molecule has 0 heterocycles. The second-order valence-corrected chi connectivity index (χ2v) is 4.82. The van der Waals surface area contributed by atoms with Crippen LogP contribution < -0.4 is 0 Å². The topological polar surface area (TPSA) is 36.9 Å². The molecular weight excluding hydrogens is 219 g/mol. The predicted octanol–water partition coefficient (Wildman–Crippen LogP) is 0.734. The van der Waals surface area contributed by atoms with E-state index in [4.69, 9.17) is 29.9 Å². The first-order valence-electron chi connectivity index (χ1n) is 3.51. The Kier molecular flexibility index (Phi) is 10.5. The van der Waals surface area contributed by atoms with Crippen LogP contribution in [0.3, 0.4) is 0 Å². The van der Waals surface area contributed by atoms with Crippen LogP contribution in [0.25, 0.3) is 0 Å². The molecule has 0 N–H and O–H groups in total. The van der Waals surface area contributed by atoms with Crippen molar-refractivity contribution in [2.45, 2.75) is 13.3 Å². The van der Waals surface area contributed by atoms with E-state index in [2.05, 4.69) is 0 Å². The van der Waals surface area contributed by atoms with E-state index in [1.807, 2.05) is 6.92 Å². The zero-order valence-corrected chi connectivity index (χ0v) is 12.6. The summed E-state index contributed by atoms with van der Waals surface area (Å²) in [6.07, 6.45) is 0.639. The van der Waals surface area contributed by atoms with Crippen LogP contribution in [0.4, 0.5) is 0 Å². The molecule has 0 bridgehead atoms. The summed E-state index contributed by atoms with van der Waals surface area (Å²) in [6.45, 7) is 1.89. The zero-order valence-electron chi connectivity index (χ0n) is 8.75. The summed E-state index contributed by atoms with van der Waals surface area (Å²) < 4.78 is 20.2. The van der Waals surface area contributed by atoms with Gasteiger partial charge >= 0.3 is 9.05 Å². The summed E-state index contributed by atoms with van der Waals surface area (Å²) >= 11 is 4.87. The van der Waals surface area contributed by atoms with E-state index < -0.39 is 9.05 Å². The molecule has 0 aliphatic heterocycles. The summed E-state index contributed by atoms with van der Waals surface area (Å²) in [5, 5.41) is 0.437. The monoisotopic (exact) mass is 233 g/mol. The summed E-state index contributed by atoms with van der Waals surface area (Å²) in [5.41, 5.74) is 0. The molecule has 1 radical (unpaired) electrons. The van der Waals surface area contributed by atoms with Crippen molar-refractivity contribution in [1.82, 2.24) is 0 Å². The van der Waals surface area contributed by atoms with E-state index in [1.165, 1.54) is 21.3 Å². The molecule has 0 amide bonds. The van der Waals surface area contributed by atoms with Crippen LogP contribution >= 0.6 is 12.2 Å². The molecule has 4 nitrogen and oxygen atoms in total. The molecule has 0 aromatic carbocycles. The Labute approximate surface area is 108 Å². The largest absolute Gasteiger partial charge is 0.749 e. The molecule has 7 heteroatoms. The molecular formula is C6H14NaO4SSi. The van der Waals surface area contributed by atoms with Gasteiger partial charge in [-0.15, -0.1) is 0 Å². The van der Waals surface area contributed by atoms with Crippen LogP contribution in [0.1, 0.15) is 13.3 Å². The van der Waals surface area contributed by atoms with Gasteiger partial charge in [-0.1, -0.05) is 6.92 Å². The van der Waals surface area contributed by atoms with E-state index in [-0.39, 0.29) is 29.6 Å². The normalized spacial score (nSPS) is 10.5. The number of thiocarbonyl (C=S) groups is 1. The molecule has 0 aliphatic rings. The van der Waals surface area contributed by atoms with Gasteiger partial charge in [-0.3, -0.25) is 0 Å². The molecule has 0 unspecified atom stereocenters. The minimum absolute atomic E-state index is 0. The third-order valence-corrected chi connectivity index (χ3v) is 3.79. The predicted molar refractivity (Wildman–Crippen MR) is 56.5 cm³/mol. The Morgan fingerprint density at radius 1 is 1.15 bits per heavy atom. The average Bonchev–Trinajstić information content (AvgIpc) is 2.14. The van der Waals surface area contributed by atoms with Gasteiger partial charge in [0, 0.05) is 57.3 Å². The van der Waals surface area contributed by atoms with Crippen molar-refractivity contribution in [2.24, 2.45) is 0 Å². The Hall–Kier alpha value is 0.987. The van der Waals surface area contributed by atoms with Crippen molar-refractivity contribution >= 4 is 55.9 Å². The fourth-order valence-electron chi connectivity index (χ4n) is 0.587. The Balaban J connectivity index is 0. The molecule has 0 aromatic rings. The maximum Gasteiger partial charge on any atom is 0.749 e. The summed E-state index contributed by atoms with van der Waals surface area (Å²) in [6, 6.07) is 0. The van der Waals surface area contributed by atoms with Gasteiger partial charge in [0.25, 0.3) is 0 Å². The quantitative estimate of drug-likeness (QED) is 0.517. The molecule has 0 saturated carbocycles. The SMILES string of the molecule is CCC(=S)O[Si](OC)(OC)OC.[Na]. The molecule has 73 valence electrons. The number of rotatable bonds is 5. The number of hydrogen-bond acceptors (Lipinski definition) is 5. The second kappa shape index (κ2) is 8.31. The van der Waals surface area contributed by atoms with Gasteiger partial charge in [-0.2, -0.15) is 0 Å². The third kappa shape index (κ3) is 5.43. The van der Waals surface area contributed by atoms with Crippen LogP contribution in [-0.2, 0) is 17.7 Å². The van der Waals surface area contributed by atoms with E-state index >= 15 is 0 Å². The first-order valence-corrected chi connectivity index (χ1v) is 5.55. The Morgan fingerprint density at radius 3 is 1.77 bits per heavy atom. The van der Waals surface area contributed by atoms with Crippen LogP contribution in [0, 0.1) is 0 Å². The van der Waals surface area contributed by atoms with Crippen LogP contribution in [-0.4, -0.2) is 65.0 Å². The summed E-state index contributed by atoms with van der Waals surface area (Å²) in [5.74, 6) is 0. The summed E-state index contributed by atoms with van der Waals surface area (Å²) in [7, 11) is 1.47. The molecule has 0 aliphatic carbocycles. The first-order chi connectivity index (χ1) is 5.64. The van der Waals surface area contributed by atoms with Crippen LogP contribution in [0.2, 0.25) is 0 Å².